The largest absolute Gasteiger partial charge is 0.463 e. The third-order valence-electron chi connectivity index (χ3n) is 6.10. The first-order valence-corrected chi connectivity index (χ1v) is 12.0. The van der Waals surface area contributed by atoms with E-state index >= 15 is 0 Å². The molecule has 34 heavy (non-hydrogen) atoms. The number of likely N-dealkylation sites (N-methyl/N-ethyl adjacent to an activating group) is 1. The topological polar surface area (TPSA) is 81.0 Å². The SMILES string of the molecule is CCOC(=O)C1=C(C)n2c(sc(=C3C(=O)N(CC)c4ccccc43)c2=O)=NC1c1ccccc1. The molecule has 172 valence electrons. The Labute approximate surface area is 199 Å². The smallest absolute Gasteiger partial charge is 0.338 e. The van der Waals surface area contributed by atoms with E-state index in [-0.39, 0.29) is 18.1 Å². The normalized spacial score (nSPS) is 18.5. The van der Waals surface area contributed by atoms with E-state index in [0.29, 0.717) is 32.7 Å². The van der Waals surface area contributed by atoms with E-state index in [0.717, 1.165) is 16.8 Å². The van der Waals surface area contributed by atoms with Crippen molar-refractivity contribution in [3.05, 3.63) is 91.0 Å². The number of para-hydroxylation sites is 1. The predicted molar refractivity (Wildman–Crippen MR) is 131 cm³/mol. The molecule has 0 aliphatic carbocycles. The summed E-state index contributed by atoms with van der Waals surface area (Å²) in [6, 6.07) is 16.3. The van der Waals surface area contributed by atoms with Crippen LogP contribution < -0.4 is 19.8 Å². The Morgan fingerprint density at radius 1 is 1.06 bits per heavy atom. The van der Waals surface area contributed by atoms with E-state index in [4.69, 9.17) is 9.73 Å². The van der Waals surface area contributed by atoms with E-state index < -0.39 is 12.0 Å². The molecule has 0 bridgehead atoms. The lowest BCUT2D eigenvalue weighted by molar-refractivity contribution is -0.138. The van der Waals surface area contributed by atoms with Gasteiger partial charge in [-0.3, -0.25) is 14.2 Å². The van der Waals surface area contributed by atoms with Crippen molar-refractivity contribution in [2.75, 3.05) is 18.1 Å². The third kappa shape index (κ3) is 3.25. The molecule has 2 aliphatic rings. The number of thiazole rings is 1. The van der Waals surface area contributed by atoms with E-state index in [2.05, 4.69) is 0 Å². The Balaban J connectivity index is 1.83. The molecule has 2 aliphatic heterocycles. The first-order valence-electron chi connectivity index (χ1n) is 11.2. The third-order valence-corrected chi connectivity index (χ3v) is 7.15. The summed E-state index contributed by atoms with van der Waals surface area (Å²) in [6.07, 6.45) is 0. The number of ether oxygens (including phenoxy) is 1. The lowest BCUT2D eigenvalue weighted by Gasteiger charge is -2.22. The highest BCUT2D eigenvalue weighted by Crippen LogP contribution is 2.35. The van der Waals surface area contributed by atoms with Gasteiger partial charge in [-0.1, -0.05) is 59.9 Å². The minimum atomic E-state index is -0.602. The number of hydrogen-bond acceptors (Lipinski definition) is 6. The van der Waals surface area contributed by atoms with E-state index in [1.807, 2.05) is 61.5 Å². The zero-order valence-corrected chi connectivity index (χ0v) is 19.9. The molecule has 0 saturated heterocycles. The zero-order chi connectivity index (χ0) is 24.0. The van der Waals surface area contributed by atoms with Gasteiger partial charge >= 0.3 is 5.97 Å². The number of benzene rings is 2. The first-order chi connectivity index (χ1) is 16.5. The Kier molecular flexibility index (Phi) is 5.53. The number of nitrogens with zero attached hydrogens (tertiary/aromatic N) is 3. The van der Waals surface area contributed by atoms with Gasteiger partial charge in [-0.05, 0) is 32.4 Å². The van der Waals surface area contributed by atoms with Gasteiger partial charge < -0.3 is 9.64 Å². The molecule has 0 N–H and O–H groups in total. The summed E-state index contributed by atoms with van der Waals surface area (Å²) in [7, 11) is 0. The van der Waals surface area contributed by atoms with Crippen molar-refractivity contribution < 1.29 is 14.3 Å². The number of rotatable bonds is 4. The molecule has 1 atom stereocenters. The van der Waals surface area contributed by atoms with Gasteiger partial charge in [0, 0.05) is 17.8 Å². The van der Waals surface area contributed by atoms with Crippen LogP contribution in [0.1, 0.15) is 37.9 Å². The first kappa shape index (κ1) is 22.0. The summed E-state index contributed by atoms with van der Waals surface area (Å²) < 4.78 is 7.08. The fourth-order valence-corrected chi connectivity index (χ4v) is 5.69. The minimum Gasteiger partial charge on any atom is -0.463 e. The van der Waals surface area contributed by atoms with Crippen LogP contribution in [-0.4, -0.2) is 29.6 Å². The fourth-order valence-electron chi connectivity index (χ4n) is 4.56. The van der Waals surface area contributed by atoms with Crippen LogP contribution in [0, 0.1) is 0 Å². The van der Waals surface area contributed by atoms with Crippen molar-refractivity contribution in [3.63, 3.8) is 0 Å². The molecule has 0 saturated carbocycles. The molecule has 1 amide bonds. The van der Waals surface area contributed by atoms with Gasteiger partial charge in [-0.15, -0.1) is 0 Å². The van der Waals surface area contributed by atoms with Crippen LogP contribution in [0.15, 0.2) is 70.0 Å². The van der Waals surface area contributed by atoms with Crippen LogP contribution in [0.5, 0.6) is 0 Å². The molecule has 8 heteroatoms. The van der Waals surface area contributed by atoms with Crippen molar-refractivity contribution in [2.45, 2.75) is 26.8 Å². The average Bonchev–Trinajstić information content (AvgIpc) is 3.32. The lowest BCUT2D eigenvalue weighted by atomic mass is 9.97. The second-order valence-electron chi connectivity index (χ2n) is 7.96. The number of carbonyl (C=O) groups excluding carboxylic acids is 2. The van der Waals surface area contributed by atoms with Gasteiger partial charge in [-0.2, -0.15) is 0 Å². The molecule has 1 aromatic heterocycles. The number of carbonyl (C=O) groups is 2. The van der Waals surface area contributed by atoms with Gasteiger partial charge in [0.2, 0.25) is 0 Å². The van der Waals surface area contributed by atoms with Crippen molar-refractivity contribution in [3.8, 4) is 0 Å². The second-order valence-corrected chi connectivity index (χ2v) is 8.94. The highest BCUT2D eigenvalue weighted by Gasteiger charge is 2.35. The van der Waals surface area contributed by atoms with Gasteiger partial charge in [0.15, 0.2) is 4.80 Å². The molecule has 3 aromatic rings. The Hall–Kier alpha value is -3.78. The molecule has 2 aromatic carbocycles. The quantitative estimate of drug-likeness (QED) is 0.546. The molecular formula is C26H23N3O4S. The number of amides is 1. The van der Waals surface area contributed by atoms with Gasteiger partial charge in [-0.25, -0.2) is 9.79 Å². The Morgan fingerprint density at radius 2 is 1.76 bits per heavy atom. The lowest BCUT2D eigenvalue weighted by Crippen LogP contribution is -2.37. The maximum absolute atomic E-state index is 13.7. The summed E-state index contributed by atoms with van der Waals surface area (Å²) >= 11 is 1.18. The van der Waals surface area contributed by atoms with E-state index in [1.165, 1.54) is 15.9 Å². The molecule has 3 heterocycles. The Morgan fingerprint density at radius 3 is 2.47 bits per heavy atom. The highest BCUT2D eigenvalue weighted by molar-refractivity contribution is 7.07. The summed E-state index contributed by atoms with van der Waals surface area (Å²) in [4.78, 5) is 46.9. The van der Waals surface area contributed by atoms with Gasteiger partial charge in [0.1, 0.15) is 10.6 Å². The number of hydrogen-bond donors (Lipinski definition) is 0. The molecule has 5 rings (SSSR count). The summed E-state index contributed by atoms with van der Waals surface area (Å²) in [5, 5.41) is 0. The number of esters is 1. The van der Waals surface area contributed by atoms with E-state index in [1.54, 1.807) is 18.7 Å². The van der Waals surface area contributed by atoms with Crippen molar-refractivity contribution in [1.29, 1.82) is 0 Å². The van der Waals surface area contributed by atoms with Crippen LogP contribution in [-0.2, 0) is 14.3 Å². The fraction of sp³-hybridized carbons (Fsp3) is 0.231. The molecule has 0 fully saturated rings. The van der Waals surface area contributed by atoms with Crippen LogP contribution in [0.4, 0.5) is 5.69 Å². The molecule has 1 unspecified atom stereocenters. The maximum atomic E-state index is 13.7. The van der Waals surface area contributed by atoms with Crippen LogP contribution in [0.2, 0.25) is 0 Å². The predicted octanol–water partition coefficient (Wildman–Crippen LogP) is 2.64. The zero-order valence-electron chi connectivity index (χ0n) is 19.1. The number of aromatic nitrogens is 1. The standard InChI is InChI=1S/C26H23N3O4S/c1-4-28-18-14-10-9-13-17(18)20(23(28)30)22-24(31)29-15(3)19(25(32)33-5-2)21(27-26(29)34-22)16-11-7-6-8-12-16/h6-14,21H,4-5H2,1-3H3. The molecule has 0 spiro atoms. The van der Waals surface area contributed by atoms with Crippen molar-refractivity contribution in [1.82, 2.24) is 4.57 Å². The number of fused-ring (bicyclic) bond motifs is 2. The maximum Gasteiger partial charge on any atom is 0.338 e. The molecule has 0 radical (unpaired) electrons. The van der Waals surface area contributed by atoms with Gasteiger partial charge in [0.05, 0.1) is 23.4 Å². The molecule has 7 nitrogen and oxygen atoms in total. The average molecular weight is 474 g/mol. The van der Waals surface area contributed by atoms with Crippen LogP contribution in [0.3, 0.4) is 0 Å². The Bertz CT molecular complexity index is 1530. The van der Waals surface area contributed by atoms with Crippen molar-refractivity contribution in [2.24, 2.45) is 4.99 Å². The van der Waals surface area contributed by atoms with E-state index in [9.17, 15) is 14.4 Å². The van der Waals surface area contributed by atoms with Crippen LogP contribution in [0.25, 0.3) is 11.3 Å². The van der Waals surface area contributed by atoms with Gasteiger partial charge in [0.25, 0.3) is 11.5 Å². The summed E-state index contributed by atoms with van der Waals surface area (Å²) in [5.74, 6) is -0.707. The number of allylic oxidation sites excluding steroid dienone is 1. The van der Waals surface area contributed by atoms with Crippen LogP contribution >= 0.6 is 11.3 Å². The highest BCUT2D eigenvalue weighted by atomic mass is 32.1. The summed E-state index contributed by atoms with van der Waals surface area (Å²) in [5.41, 5.74) is 3.17. The second kappa shape index (κ2) is 8.53. The monoisotopic (exact) mass is 473 g/mol. The van der Waals surface area contributed by atoms with Crippen molar-refractivity contribution >= 4 is 40.2 Å². The number of anilines is 1. The molecular weight excluding hydrogens is 450 g/mol. The minimum absolute atomic E-state index is 0.202. The summed E-state index contributed by atoms with van der Waals surface area (Å²) in [6.45, 7) is 6.08.